The largest absolute Gasteiger partial charge is 0.451 e. The molecule has 0 spiro atoms. The van der Waals surface area contributed by atoms with E-state index in [-0.39, 0.29) is 18.8 Å². The lowest BCUT2D eigenvalue weighted by atomic mass is 10.0. The molecule has 1 heterocycles. The molecule has 10 heteroatoms. The van der Waals surface area contributed by atoms with Crippen LogP contribution in [0.3, 0.4) is 0 Å². The Morgan fingerprint density at radius 2 is 1.79 bits per heavy atom. The molecule has 4 atom stereocenters. The van der Waals surface area contributed by atoms with E-state index in [1.54, 1.807) is 37.3 Å². The standard InChI is InChI=1S/C24H29NO9/c1-15-20(17-9-5-4-6-10-17)34-24(31)25(15)23(30)22(32-3)21(33-16(2)27)19(29)13-12-18(28)11-7-8-14-26/h4-6,9-10,12-13,15,20-22,26H,7-8,11,14H2,1-3H3. The van der Waals surface area contributed by atoms with Crippen LogP contribution in [0, 0.1) is 0 Å². The summed E-state index contributed by atoms with van der Waals surface area (Å²) in [6.45, 7) is 2.62. The first-order valence-corrected chi connectivity index (χ1v) is 10.9. The summed E-state index contributed by atoms with van der Waals surface area (Å²) in [5, 5.41) is 8.79. The molecule has 10 nitrogen and oxygen atoms in total. The minimum Gasteiger partial charge on any atom is -0.451 e. The van der Waals surface area contributed by atoms with E-state index in [1.165, 1.54) is 0 Å². The fraction of sp³-hybridized carbons (Fsp3) is 0.458. The zero-order chi connectivity index (χ0) is 25.3. The number of hydrogen-bond donors (Lipinski definition) is 1. The van der Waals surface area contributed by atoms with Crippen molar-refractivity contribution in [3.8, 4) is 0 Å². The van der Waals surface area contributed by atoms with Crippen molar-refractivity contribution in [3.63, 3.8) is 0 Å². The van der Waals surface area contributed by atoms with Crippen LogP contribution in [-0.4, -0.2) is 71.5 Å². The van der Waals surface area contributed by atoms with Crippen LogP contribution in [-0.2, 0) is 33.4 Å². The summed E-state index contributed by atoms with van der Waals surface area (Å²) < 4.78 is 15.6. The molecular weight excluding hydrogens is 446 g/mol. The van der Waals surface area contributed by atoms with Gasteiger partial charge in [0.25, 0.3) is 5.91 Å². The maximum atomic E-state index is 13.3. The molecule has 34 heavy (non-hydrogen) atoms. The number of amides is 2. The number of aliphatic hydroxyl groups excluding tert-OH is 1. The quantitative estimate of drug-likeness (QED) is 0.273. The number of hydrogen-bond acceptors (Lipinski definition) is 9. The number of imide groups is 1. The molecule has 0 saturated carbocycles. The van der Waals surface area contributed by atoms with Gasteiger partial charge < -0.3 is 19.3 Å². The maximum Gasteiger partial charge on any atom is 0.417 e. The maximum absolute atomic E-state index is 13.3. The number of rotatable bonds is 12. The molecule has 1 saturated heterocycles. The van der Waals surface area contributed by atoms with Crippen molar-refractivity contribution in [2.45, 2.75) is 57.5 Å². The van der Waals surface area contributed by atoms with Gasteiger partial charge in [0.2, 0.25) is 0 Å². The highest BCUT2D eigenvalue weighted by molar-refractivity contribution is 6.05. The van der Waals surface area contributed by atoms with E-state index in [2.05, 4.69) is 0 Å². The number of allylic oxidation sites excluding steroid dienone is 1. The van der Waals surface area contributed by atoms with E-state index in [4.69, 9.17) is 19.3 Å². The molecule has 184 valence electrons. The second kappa shape index (κ2) is 12.8. The molecule has 2 amide bonds. The summed E-state index contributed by atoms with van der Waals surface area (Å²) in [6.07, 6.45) is -2.07. The second-order valence-corrected chi connectivity index (χ2v) is 7.73. The van der Waals surface area contributed by atoms with Gasteiger partial charge >= 0.3 is 12.1 Å². The van der Waals surface area contributed by atoms with Gasteiger partial charge in [0.15, 0.2) is 23.8 Å². The highest BCUT2D eigenvalue weighted by atomic mass is 16.6. The zero-order valence-electron chi connectivity index (χ0n) is 19.3. The number of ketones is 2. The smallest absolute Gasteiger partial charge is 0.417 e. The monoisotopic (exact) mass is 475 g/mol. The third-order valence-corrected chi connectivity index (χ3v) is 5.25. The number of aliphatic hydroxyl groups is 1. The Kier molecular flexibility index (Phi) is 10.1. The Morgan fingerprint density at radius 3 is 2.38 bits per heavy atom. The average Bonchev–Trinajstić information content (AvgIpc) is 3.11. The topological polar surface area (TPSA) is 137 Å². The molecule has 4 unspecified atom stereocenters. The van der Waals surface area contributed by atoms with Gasteiger partial charge in [0.1, 0.15) is 6.10 Å². The molecule has 0 bridgehead atoms. The van der Waals surface area contributed by atoms with E-state index in [0.717, 1.165) is 31.1 Å². The number of carbonyl (C=O) groups excluding carboxylic acids is 5. The van der Waals surface area contributed by atoms with Crippen molar-refractivity contribution in [1.29, 1.82) is 0 Å². The number of nitrogens with zero attached hydrogens (tertiary/aromatic N) is 1. The molecular formula is C24H29NO9. The van der Waals surface area contributed by atoms with Gasteiger partial charge in [-0.25, -0.2) is 9.69 Å². The van der Waals surface area contributed by atoms with Gasteiger partial charge in [0, 0.05) is 27.1 Å². The number of esters is 1. The highest BCUT2D eigenvalue weighted by Crippen LogP contribution is 2.33. The van der Waals surface area contributed by atoms with Crippen molar-refractivity contribution in [2.24, 2.45) is 0 Å². The van der Waals surface area contributed by atoms with Crippen molar-refractivity contribution in [2.75, 3.05) is 13.7 Å². The molecule has 2 rings (SSSR count). The molecule has 1 N–H and O–H groups in total. The van der Waals surface area contributed by atoms with Gasteiger partial charge in [-0.3, -0.25) is 19.2 Å². The minimum absolute atomic E-state index is 0.0510. The Labute approximate surface area is 197 Å². The summed E-state index contributed by atoms with van der Waals surface area (Å²) in [7, 11) is 1.14. The molecule has 1 aliphatic rings. The fourth-order valence-corrected chi connectivity index (χ4v) is 3.55. The first-order valence-electron chi connectivity index (χ1n) is 10.9. The summed E-state index contributed by atoms with van der Waals surface area (Å²) >= 11 is 0. The zero-order valence-corrected chi connectivity index (χ0v) is 19.3. The minimum atomic E-state index is -1.72. The number of benzene rings is 1. The molecule has 0 radical (unpaired) electrons. The summed E-state index contributed by atoms with van der Waals surface area (Å²) in [5.74, 6) is -2.99. The van der Waals surface area contributed by atoms with Crippen LogP contribution < -0.4 is 0 Å². The lowest BCUT2D eigenvalue weighted by Crippen LogP contribution is -2.52. The Balaban J connectivity index is 2.22. The average molecular weight is 475 g/mol. The summed E-state index contributed by atoms with van der Waals surface area (Å²) in [5.41, 5.74) is 0.683. The van der Waals surface area contributed by atoms with Crippen LogP contribution in [0.25, 0.3) is 0 Å². The molecule has 0 aliphatic carbocycles. The molecule has 1 aromatic rings. The Hall–Kier alpha value is -3.37. The van der Waals surface area contributed by atoms with E-state index in [1.807, 2.05) is 0 Å². The first-order chi connectivity index (χ1) is 16.2. The lowest BCUT2D eigenvalue weighted by Gasteiger charge is -2.27. The Bertz CT molecular complexity index is 928. The third-order valence-electron chi connectivity index (χ3n) is 5.25. The van der Waals surface area contributed by atoms with Crippen LogP contribution in [0.2, 0.25) is 0 Å². The number of ether oxygens (including phenoxy) is 3. The first kappa shape index (κ1) is 26.9. The third kappa shape index (κ3) is 6.82. The predicted molar refractivity (Wildman–Crippen MR) is 118 cm³/mol. The van der Waals surface area contributed by atoms with Gasteiger partial charge in [0.05, 0.1) is 6.04 Å². The van der Waals surface area contributed by atoms with Gasteiger partial charge in [-0.2, -0.15) is 0 Å². The molecule has 1 aliphatic heterocycles. The van der Waals surface area contributed by atoms with E-state index >= 15 is 0 Å². The normalized spacial score (nSPS) is 19.5. The van der Waals surface area contributed by atoms with Crippen molar-refractivity contribution < 1.29 is 43.3 Å². The highest BCUT2D eigenvalue weighted by Gasteiger charge is 2.48. The van der Waals surface area contributed by atoms with Crippen LogP contribution in [0.1, 0.15) is 44.8 Å². The number of cyclic esters (lactones) is 1. The van der Waals surface area contributed by atoms with Crippen LogP contribution in [0.4, 0.5) is 4.79 Å². The van der Waals surface area contributed by atoms with E-state index < -0.39 is 48.1 Å². The Morgan fingerprint density at radius 1 is 1.12 bits per heavy atom. The van der Waals surface area contributed by atoms with Crippen molar-refractivity contribution in [1.82, 2.24) is 4.90 Å². The summed E-state index contributed by atoms with van der Waals surface area (Å²) in [6, 6.07) is 8.12. The van der Waals surface area contributed by atoms with Crippen LogP contribution in [0.15, 0.2) is 42.5 Å². The SMILES string of the molecule is COC(C(=O)N1C(=O)OC(c2ccccc2)C1C)C(OC(C)=O)C(=O)C=CC(=O)CCCCO. The van der Waals surface area contributed by atoms with E-state index in [0.29, 0.717) is 18.4 Å². The molecule has 1 aromatic carbocycles. The van der Waals surface area contributed by atoms with Gasteiger partial charge in [-0.15, -0.1) is 0 Å². The molecule has 0 aromatic heterocycles. The van der Waals surface area contributed by atoms with Crippen molar-refractivity contribution in [3.05, 3.63) is 48.0 Å². The number of methoxy groups -OCH3 is 1. The lowest BCUT2D eigenvalue weighted by molar-refractivity contribution is -0.166. The van der Waals surface area contributed by atoms with Crippen molar-refractivity contribution >= 4 is 29.5 Å². The second-order valence-electron chi connectivity index (χ2n) is 7.73. The van der Waals surface area contributed by atoms with Crippen LogP contribution >= 0.6 is 0 Å². The molecule has 1 fully saturated rings. The number of unbranched alkanes of at least 4 members (excludes halogenated alkanes) is 1. The number of carbonyl (C=O) groups is 5. The van der Waals surface area contributed by atoms with Crippen LogP contribution in [0.5, 0.6) is 0 Å². The van der Waals surface area contributed by atoms with Gasteiger partial charge in [-0.1, -0.05) is 30.3 Å². The summed E-state index contributed by atoms with van der Waals surface area (Å²) in [4.78, 5) is 62.9. The van der Waals surface area contributed by atoms with E-state index in [9.17, 15) is 24.0 Å². The van der Waals surface area contributed by atoms with Gasteiger partial charge in [-0.05, 0) is 37.5 Å². The fourth-order valence-electron chi connectivity index (χ4n) is 3.55. The predicted octanol–water partition coefficient (Wildman–Crippen LogP) is 1.90.